The second kappa shape index (κ2) is 7.82. The Balaban J connectivity index is 1.42. The van der Waals surface area contributed by atoms with Crippen LogP contribution in [0.5, 0.6) is 11.5 Å². The number of ether oxygens (including phenoxy) is 2. The molecule has 7 nitrogen and oxygen atoms in total. The molecular formula is C20H20N4O3. The predicted molar refractivity (Wildman–Crippen MR) is 102 cm³/mol. The van der Waals surface area contributed by atoms with Crippen molar-refractivity contribution in [2.75, 3.05) is 30.0 Å². The summed E-state index contributed by atoms with van der Waals surface area (Å²) in [5.41, 5.74) is 2.67. The van der Waals surface area contributed by atoms with Crippen molar-refractivity contribution < 1.29 is 14.3 Å². The molecule has 1 aromatic heterocycles. The van der Waals surface area contributed by atoms with Gasteiger partial charge in [-0.3, -0.25) is 4.79 Å². The van der Waals surface area contributed by atoms with Crippen molar-refractivity contribution in [2.45, 2.75) is 6.54 Å². The molecule has 0 fully saturated rings. The number of anilines is 2. The van der Waals surface area contributed by atoms with Crippen LogP contribution in [0.3, 0.4) is 0 Å². The van der Waals surface area contributed by atoms with Crippen molar-refractivity contribution in [3.05, 3.63) is 66.7 Å². The van der Waals surface area contributed by atoms with Crippen molar-refractivity contribution >= 4 is 17.3 Å². The Kier molecular flexibility index (Phi) is 4.91. The molecule has 7 heteroatoms. The number of nitrogens with one attached hydrogen (secondary N) is 2. The van der Waals surface area contributed by atoms with Crippen LogP contribution in [-0.2, 0) is 11.3 Å². The number of H-pyrrole nitrogens is 1. The lowest BCUT2D eigenvalue weighted by molar-refractivity contribution is -0.118. The summed E-state index contributed by atoms with van der Waals surface area (Å²) in [5.74, 6) is 1.26. The third-order valence-corrected chi connectivity index (χ3v) is 4.23. The molecular weight excluding hydrogens is 344 g/mol. The number of aromatic amines is 1. The molecule has 0 unspecified atom stereocenters. The molecule has 1 aliphatic rings. The fourth-order valence-electron chi connectivity index (χ4n) is 2.95. The van der Waals surface area contributed by atoms with Crippen LogP contribution in [-0.4, -0.2) is 35.6 Å². The Morgan fingerprint density at radius 2 is 2.15 bits per heavy atom. The number of rotatable bonds is 6. The van der Waals surface area contributed by atoms with Crippen molar-refractivity contribution in [2.24, 2.45) is 0 Å². The van der Waals surface area contributed by atoms with Crippen LogP contribution in [0.1, 0.15) is 5.69 Å². The Morgan fingerprint density at radius 1 is 1.26 bits per heavy atom. The highest BCUT2D eigenvalue weighted by Gasteiger charge is 2.19. The van der Waals surface area contributed by atoms with Crippen LogP contribution in [0.15, 0.2) is 61.1 Å². The predicted octanol–water partition coefficient (Wildman–Crippen LogP) is 2.83. The lowest BCUT2D eigenvalue weighted by atomic mass is 10.2. The number of fused-ring (bicyclic) bond motifs is 1. The molecule has 27 heavy (non-hydrogen) atoms. The van der Waals surface area contributed by atoms with E-state index in [1.54, 1.807) is 6.33 Å². The number of amides is 1. The summed E-state index contributed by atoms with van der Waals surface area (Å²) in [7, 11) is 0. The number of nitrogens with zero attached hydrogens (tertiary/aromatic N) is 2. The maximum absolute atomic E-state index is 12.2. The number of carbonyl (C=O) groups excluding carboxylic acids is 1. The summed E-state index contributed by atoms with van der Waals surface area (Å²) in [6.07, 6.45) is 3.47. The summed E-state index contributed by atoms with van der Waals surface area (Å²) < 4.78 is 11.2. The lowest BCUT2D eigenvalue weighted by Gasteiger charge is -2.31. The van der Waals surface area contributed by atoms with Crippen LogP contribution < -0.4 is 19.7 Å². The number of carbonyl (C=O) groups is 1. The van der Waals surface area contributed by atoms with E-state index in [1.165, 1.54) is 0 Å². The van der Waals surface area contributed by atoms with E-state index in [2.05, 4.69) is 20.2 Å². The van der Waals surface area contributed by atoms with Gasteiger partial charge in [-0.15, -0.1) is 0 Å². The van der Waals surface area contributed by atoms with E-state index in [4.69, 9.17) is 9.47 Å². The molecule has 0 atom stereocenters. The highest BCUT2D eigenvalue weighted by atomic mass is 16.5. The zero-order valence-corrected chi connectivity index (χ0v) is 14.7. The van der Waals surface area contributed by atoms with E-state index in [9.17, 15) is 4.79 Å². The van der Waals surface area contributed by atoms with Gasteiger partial charge in [-0.05, 0) is 30.3 Å². The van der Waals surface area contributed by atoms with E-state index >= 15 is 0 Å². The molecule has 2 aromatic carbocycles. The van der Waals surface area contributed by atoms with E-state index in [0.29, 0.717) is 24.6 Å². The maximum atomic E-state index is 12.2. The van der Waals surface area contributed by atoms with Gasteiger partial charge in [-0.1, -0.05) is 18.2 Å². The standard InChI is InChI=1S/C20H20N4O3/c25-20(13-27-17-4-2-1-3-5-17)23-15-6-7-19-18(10-15)24(8-9-26-19)12-16-11-21-14-22-16/h1-7,10-11,14H,8-9,12-13H2,(H,21,22)(H,23,25). The quantitative estimate of drug-likeness (QED) is 0.703. The van der Waals surface area contributed by atoms with Crippen molar-refractivity contribution in [1.29, 1.82) is 0 Å². The number of hydrogen-bond donors (Lipinski definition) is 2. The normalized spacial score (nSPS) is 12.8. The second-order valence-electron chi connectivity index (χ2n) is 6.18. The Morgan fingerprint density at radius 3 is 2.96 bits per heavy atom. The first-order chi connectivity index (χ1) is 13.3. The molecule has 0 aliphatic carbocycles. The topological polar surface area (TPSA) is 79.5 Å². The fourth-order valence-corrected chi connectivity index (χ4v) is 2.95. The summed E-state index contributed by atoms with van der Waals surface area (Å²) in [6.45, 7) is 2.04. The van der Waals surface area contributed by atoms with Crippen LogP contribution in [0.2, 0.25) is 0 Å². The largest absolute Gasteiger partial charge is 0.490 e. The lowest BCUT2D eigenvalue weighted by Crippen LogP contribution is -2.32. The average molecular weight is 364 g/mol. The van der Waals surface area contributed by atoms with Gasteiger partial charge >= 0.3 is 0 Å². The molecule has 2 heterocycles. The van der Waals surface area contributed by atoms with Gasteiger partial charge in [-0.2, -0.15) is 0 Å². The first-order valence-corrected chi connectivity index (χ1v) is 8.75. The monoisotopic (exact) mass is 364 g/mol. The van der Waals surface area contributed by atoms with Crippen LogP contribution in [0, 0.1) is 0 Å². The van der Waals surface area contributed by atoms with E-state index < -0.39 is 0 Å². The SMILES string of the molecule is O=C(COc1ccccc1)Nc1ccc2c(c1)N(Cc1cnc[nH]1)CCO2. The third kappa shape index (κ3) is 4.20. The maximum Gasteiger partial charge on any atom is 0.262 e. The number of hydrogen-bond acceptors (Lipinski definition) is 5. The van der Waals surface area contributed by atoms with E-state index in [-0.39, 0.29) is 12.5 Å². The Bertz CT molecular complexity index is 897. The van der Waals surface area contributed by atoms with Gasteiger partial charge < -0.3 is 24.7 Å². The molecule has 0 saturated carbocycles. The first kappa shape index (κ1) is 17.0. The van der Waals surface area contributed by atoms with Crippen LogP contribution in [0.4, 0.5) is 11.4 Å². The third-order valence-electron chi connectivity index (χ3n) is 4.23. The number of benzene rings is 2. The fraction of sp³-hybridized carbons (Fsp3) is 0.200. The van der Waals surface area contributed by atoms with Crippen molar-refractivity contribution in [1.82, 2.24) is 9.97 Å². The average Bonchev–Trinajstić information content (AvgIpc) is 3.21. The molecule has 4 rings (SSSR count). The zero-order valence-electron chi connectivity index (χ0n) is 14.7. The van der Waals surface area contributed by atoms with Crippen molar-refractivity contribution in [3.8, 4) is 11.5 Å². The number of imidazole rings is 1. The van der Waals surface area contributed by atoms with Gasteiger partial charge in [0.2, 0.25) is 0 Å². The molecule has 0 saturated heterocycles. The molecule has 1 aliphatic heterocycles. The van der Waals surface area contributed by atoms with Gasteiger partial charge in [0, 0.05) is 11.9 Å². The van der Waals surface area contributed by atoms with Gasteiger partial charge in [0.1, 0.15) is 18.1 Å². The summed E-state index contributed by atoms with van der Waals surface area (Å²) >= 11 is 0. The van der Waals surface area contributed by atoms with Crippen LogP contribution in [0.25, 0.3) is 0 Å². The van der Waals surface area contributed by atoms with Crippen LogP contribution >= 0.6 is 0 Å². The summed E-state index contributed by atoms with van der Waals surface area (Å²) in [4.78, 5) is 21.6. The molecule has 0 spiro atoms. The minimum Gasteiger partial charge on any atom is -0.490 e. The van der Waals surface area contributed by atoms with E-state index in [0.717, 1.165) is 23.7 Å². The van der Waals surface area contributed by atoms with Crippen molar-refractivity contribution in [3.63, 3.8) is 0 Å². The summed E-state index contributed by atoms with van der Waals surface area (Å²) in [6, 6.07) is 14.9. The smallest absolute Gasteiger partial charge is 0.262 e. The van der Waals surface area contributed by atoms with Gasteiger partial charge in [-0.25, -0.2) is 4.98 Å². The Labute approximate surface area is 156 Å². The van der Waals surface area contributed by atoms with Gasteiger partial charge in [0.25, 0.3) is 5.91 Å². The first-order valence-electron chi connectivity index (χ1n) is 8.75. The molecule has 3 aromatic rings. The van der Waals surface area contributed by atoms with Gasteiger partial charge in [0.15, 0.2) is 6.61 Å². The number of para-hydroxylation sites is 1. The minimum atomic E-state index is -0.212. The minimum absolute atomic E-state index is 0.0462. The second-order valence-corrected chi connectivity index (χ2v) is 6.18. The summed E-state index contributed by atoms with van der Waals surface area (Å²) in [5, 5.41) is 2.88. The zero-order chi connectivity index (χ0) is 18.5. The highest BCUT2D eigenvalue weighted by molar-refractivity contribution is 5.92. The molecule has 2 N–H and O–H groups in total. The van der Waals surface area contributed by atoms with E-state index in [1.807, 2.05) is 54.7 Å². The molecule has 138 valence electrons. The molecule has 0 radical (unpaired) electrons. The highest BCUT2D eigenvalue weighted by Crippen LogP contribution is 2.34. The Hall–Kier alpha value is -3.48. The van der Waals surface area contributed by atoms with Gasteiger partial charge in [0.05, 0.1) is 30.8 Å². The number of aromatic nitrogens is 2. The molecule has 1 amide bonds. The molecule has 0 bridgehead atoms.